The van der Waals surface area contributed by atoms with Crippen LogP contribution in [0.5, 0.6) is 11.6 Å². The van der Waals surface area contributed by atoms with Crippen molar-refractivity contribution < 1.29 is 46.6 Å². The van der Waals surface area contributed by atoms with Gasteiger partial charge in [0.1, 0.15) is 23.7 Å². The Labute approximate surface area is 295 Å². The number of sulfonamides is 1. The first-order chi connectivity index (χ1) is 24.1. The Hall–Kier alpha value is -4.47. The molecule has 276 valence electrons. The van der Waals surface area contributed by atoms with Crippen molar-refractivity contribution >= 4 is 44.6 Å². The van der Waals surface area contributed by atoms with Crippen LogP contribution in [0.2, 0.25) is 0 Å². The molecule has 14 nitrogen and oxygen atoms in total. The Bertz CT molecular complexity index is 1890. The highest BCUT2D eigenvalue weighted by atomic mass is 32.2. The van der Waals surface area contributed by atoms with E-state index in [9.17, 15) is 37.1 Å². The minimum atomic E-state index is -4.02. The number of amides is 4. The van der Waals surface area contributed by atoms with Gasteiger partial charge in [-0.05, 0) is 80.9 Å². The predicted octanol–water partition coefficient (Wildman–Crippen LogP) is 3.25. The van der Waals surface area contributed by atoms with Gasteiger partial charge in [0.2, 0.25) is 27.7 Å². The number of halogens is 1. The summed E-state index contributed by atoms with van der Waals surface area (Å²) in [6.07, 6.45) is 5.69. The lowest BCUT2D eigenvalue weighted by atomic mass is 9.88. The Morgan fingerprint density at radius 3 is 2.61 bits per heavy atom. The quantitative estimate of drug-likeness (QED) is 0.308. The first-order valence-corrected chi connectivity index (χ1v) is 18.7. The zero-order valence-corrected chi connectivity index (χ0v) is 29.8. The smallest absolute Gasteiger partial charge is 0.405 e. The average molecular weight is 730 g/mol. The largest absolute Gasteiger partial charge is 0.494 e. The molecule has 4 N–H and O–H groups in total. The van der Waals surface area contributed by atoms with Crippen LogP contribution < -0.4 is 24.8 Å². The van der Waals surface area contributed by atoms with Crippen molar-refractivity contribution in [3.63, 3.8) is 0 Å². The summed E-state index contributed by atoms with van der Waals surface area (Å²) in [4.78, 5) is 59.8. The van der Waals surface area contributed by atoms with Crippen molar-refractivity contribution in [2.75, 3.05) is 13.7 Å². The molecule has 2 saturated carbocycles. The summed E-state index contributed by atoms with van der Waals surface area (Å²) < 4.78 is 53.4. The Kier molecular flexibility index (Phi) is 9.67. The van der Waals surface area contributed by atoms with Gasteiger partial charge in [0.05, 0.1) is 18.4 Å². The van der Waals surface area contributed by atoms with Crippen LogP contribution in [-0.4, -0.2) is 89.4 Å². The average Bonchev–Trinajstić information content (AvgIpc) is 3.95. The molecule has 6 rings (SSSR count). The number of aromatic nitrogens is 1. The number of ether oxygens (including phenoxy) is 2. The minimum absolute atomic E-state index is 0.0272. The molecular formula is C35H44FN5O9S. The summed E-state index contributed by atoms with van der Waals surface area (Å²) in [5, 5.41) is 15.8. The lowest BCUT2D eigenvalue weighted by molar-refractivity contribution is -0.142. The highest BCUT2D eigenvalue weighted by molar-refractivity contribution is 7.91. The van der Waals surface area contributed by atoms with E-state index in [1.54, 1.807) is 19.9 Å². The molecule has 1 aromatic carbocycles. The van der Waals surface area contributed by atoms with E-state index in [4.69, 9.17) is 9.47 Å². The highest BCUT2D eigenvalue weighted by Crippen LogP contribution is 2.47. The second-order valence-electron chi connectivity index (χ2n) is 14.7. The van der Waals surface area contributed by atoms with E-state index in [-0.39, 0.29) is 36.9 Å². The van der Waals surface area contributed by atoms with E-state index in [0.29, 0.717) is 42.9 Å². The number of fused-ring (bicyclic) bond motifs is 3. The zero-order valence-electron chi connectivity index (χ0n) is 29.0. The zero-order chi connectivity index (χ0) is 36.9. The fraction of sp³-hybridized carbons (Fsp3) is 0.571. The van der Waals surface area contributed by atoms with Gasteiger partial charge in [-0.2, -0.15) is 0 Å². The molecule has 4 amide bonds. The number of carbonyl (C=O) groups is 4. The van der Waals surface area contributed by atoms with E-state index in [0.717, 1.165) is 0 Å². The second kappa shape index (κ2) is 13.6. The Balaban J connectivity index is 1.34. The number of methoxy groups -OCH3 is 1. The van der Waals surface area contributed by atoms with Gasteiger partial charge in [-0.15, -0.1) is 0 Å². The van der Waals surface area contributed by atoms with E-state index < -0.39 is 80.0 Å². The summed E-state index contributed by atoms with van der Waals surface area (Å²) in [5.41, 5.74) is -1.58. The summed E-state index contributed by atoms with van der Waals surface area (Å²) in [6.45, 7) is 5.19. The third-order valence-electron chi connectivity index (χ3n) is 10.8. The number of carboxylic acid groups (broad SMARTS) is 1. The van der Waals surface area contributed by atoms with Crippen LogP contribution in [0.25, 0.3) is 10.8 Å². The maximum Gasteiger partial charge on any atom is 0.405 e. The lowest BCUT2D eigenvalue weighted by Gasteiger charge is -2.32. The van der Waals surface area contributed by atoms with Crippen molar-refractivity contribution in [3.8, 4) is 11.6 Å². The lowest BCUT2D eigenvalue weighted by Crippen LogP contribution is -2.59. The number of carbonyl (C=O) groups excluding carboxylic acids is 3. The van der Waals surface area contributed by atoms with Crippen LogP contribution in [0.3, 0.4) is 0 Å². The van der Waals surface area contributed by atoms with Gasteiger partial charge >= 0.3 is 6.09 Å². The van der Waals surface area contributed by atoms with Gasteiger partial charge in [0.25, 0.3) is 5.91 Å². The highest BCUT2D eigenvalue weighted by Gasteiger charge is 2.63. The van der Waals surface area contributed by atoms with Crippen molar-refractivity contribution in [3.05, 3.63) is 42.4 Å². The number of rotatable bonds is 7. The third kappa shape index (κ3) is 7.19. The molecule has 4 aliphatic rings. The van der Waals surface area contributed by atoms with Gasteiger partial charge in [0.15, 0.2) is 11.6 Å². The molecule has 51 heavy (non-hydrogen) atoms. The molecule has 0 unspecified atom stereocenters. The van der Waals surface area contributed by atoms with E-state index in [1.165, 1.54) is 30.3 Å². The van der Waals surface area contributed by atoms with E-state index in [2.05, 4.69) is 20.3 Å². The SMILES string of the molecule is COc1cc2ccnc(O[C@@H]3C[C@H]4C(=O)N[C@]5(C(=O)NS(=O)(=O)C6(C)CC6)C[C@H]5C=CCC[C@@H](C)C[C@@H](C)[C@H](NC(=O)O)C(=O)N4C3)c2cc1F. The van der Waals surface area contributed by atoms with Crippen LogP contribution in [-0.2, 0) is 24.4 Å². The van der Waals surface area contributed by atoms with Gasteiger partial charge < -0.3 is 30.1 Å². The van der Waals surface area contributed by atoms with Gasteiger partial charge in [0, 0.05) is 23.9 Å². The number of nitrogens with zero attached hydrogens (tertiary/aromatic N) is 2. The van der Waals surface area contributed by atoms with Crippen molar-refractivity contribution in [1.29, 1.82) is 0 Å². The molecule has 2 aliphatic carbocycles. The molecular weight excluding hydrogens is 685 g/mol. The fourth-order valence-electron chi connectivity index (χ4n) is 7.29. The van der Waals surface area contributed by atoms with Crippen LogP contribution in [0.1, 0.15) is 65.7 Å². The number of allylic oxidation sites excluding steroid dienone is 1. The van der Waals surface area contributed by atoms with Gasteiger partial charge in [-0.3, -0.25) is 19.1 Å². The van der Waals surface area contributed by atoms with Crippen molar-refractivity contribution in [2.45, 2.75) is 94.2 Å². The Morgan fingerprint density at radius 1 is 1.18 bits per heavy atom. The van der Waals surface area contributed by atoms with E-state index >= 15 is 0 Å². The summed E-state index contributed by atoms with van der Waals surface area (Å²) in [7, 11) is -2.68. The van der Waals surface area contributed by atoms with Crippen molar-refractivity contribution in [1.82, 2.24) is 25.2 Å². The number of hydrogen-bond acceptors (Lipinski definition) is 9. The van der Waals surface area contributed by atoms with Crippen molar-refractivity contribution in [2.24, 2.45) is 17.8 Å². The third-order valence-corrected chi connectivity index (χ3v) is 13.0. The van der Waals surface area contributed by atoms with Crippen LogP contribution >= 0.6 is 0 Å². The molecule has 7 atom stereocenters. The molecule has 1 saturated heterocycles. The molecule has 2 aliphatic heterocycles. The number of pyridine rings is 1. The number of nitrogens with one attached hydrogen (secondary N) is 3. The summed E-state index contributed by atoms with van der Waals surface area (Å²) >= 11 is 0. The summed E-state index contributed by atoms with van der Waals surface area (Å²) in [5.74, 6) is -3.62. The molecule has 0 bridgehead atoms. The molecule has 1 aromatic heterocycles. The Morgan fingerprint density at radius 2 is 1.92 bits per heavy atom. The standard InChI is InChI=1S/C35H44FN5O9S/c1-19-7-5-6-8-22-17-35(22,32(44)40-51(47,48)34(3)10-11-34)39-29(42)26-15-23(18-41(26)31(43)28(20(2)13-19)38-33(45)46)50-30-24-16-25(36)27(49-4)14-21(24)9-12-37-30/h6,8-9,12,14,16,19-20,22-23,26,28,38H,5,7,10-11,13,15,17-18H2,1-4H3,(H,39,42)(H,40,44)(H,45,46)/t19-,20-,22-,23-,26+,28+,35-/m1/s1. The first kappa shape index (κ1) is 36.3. The number of benzene rings is 1. The predicted molar refractivity (Wildman–Crippen MR) is 183 cm³/mol. The molecule has 0 radical (unpaired) electrons. The number of hydrogen-bond donors (Lipinski definition) is 4. The monoisotopic (exact) mass is 729 g/mol. The molecule has 16 heteroatoms. The van der Waals surface area contributed by atoms with Crippen LogP contribution in [0.15, 0.2) is 36.5 Å². The molecule has 2 aromatic rings. The first-order valence-electron chi connectivity index (χ1n) is 17.2. The fourth-order valence-corrected chi connectivity index (χ4v) is 8.60. The molecule has 3 heterocycles. The molecule has 3 fully saturated rings. The maximum atomic E-state index is 14.8. The second-order valence-corrected chi connectivity index (χ2v) is 16.9. The van der Waals surface area contributed by atoms with E-state index in [1.807, 2.05) is 19.1 Å². The summed E-state index contributed by atoms with van der Waals surface area (Å²) in [6, 6.07) is 1.94. The van der Waals surface area contributed by atoms with Gasteiger partial charge in [-0.1, -0.05) is 26.0 Å². The van der Waals surface area contributed by atoms with Gasteiger partial charge in [-0.25, -0.2) is 22.6 Å². The molecule has 0 spiro atoms. The van der Waals surface area contributed by atoms with Crippen LogP contribution in [0, 0.1) is 23.6 Å². The van der Waals surface area contributed by atoms with Crippen LogP contribution in [0.4, 0.5) is 9.18 Å². The maximum absolute atomic E-state index is 14.8. The minimum Gasteiger partial charge on any atom is -0.494 e. The topological polar surface area (TPSA) is 193 Å². The normalized spacial score (nSPS) is 30.6.